The van der Waals surface area contributed by atoms with E-state index in [0.717, 1.165) is 43.6 Å². The predicted octanol–water partition coefficient (Wildman–Crippen LogP) is 3.40. The smallest absolute Gasteiger partial charge is 0.338 e. The van der Waals surface area contributed by atoms with Gasteiger partial charge in [0, 0.05) is 31.4 Å². The highest BCUT2D eigenvalue weighted by atomic mass is 16.5. The van der Waals surface area contributed by atoms with Crippen LogP contribution in [-0.2, 0) is 22.5 Å². The normalized spacial score (nSPS) is 21.5. The molecule has 31 heavy (non-hydrogen) atoms. The lowest BCUT2D eigenvalue weighted by atomic mass is 9.93. The molecule has 5 rings (SSSR count). The molecule has 2 amide bonds. The molecule has 2 heterocycles. The standard InChI is InChI=1S/C25H27N3O3/c1-31-24(29)22-21(16-27-14-13-17-7-5-6-10-19(17)15-27)28(20-11-12-20)25(30)26-23(22)18-8-3-2-4-9-18/h2-10,20,23H,11-16H2,1H3,(H,26,30)/t23-/m0/s1. The van der Waals surface area contributed by atoms with Crippen molar-refractivity contribution in [1.82, 2.24) is 15.1 Å². The summed E-state index contributed by atoms with van der Waals surface area (Å²) in [6.45, 7) is 2.25. The van der Waals surface area contributed by atoms with Crippen LogP contribution in [0, 0.1) is 0 Å². The van der Waals surface area contributed by atoms with Crippen LogP contribution in [0.4, 0.5) is 4.79 Å². The number of amides is 2. The van der Waals surface area contributed by atoms with Crippen LogP contribution < -0.4 is 5.32 Å². The van der Waals surface area contributed by atoms with E-state index in [-0.39, 0.29) is 18.0 Å². The molecule has 160 valence electrons. The summed E-state index contributed by atoms with van der Waals surface area (Å²) in [5.41, 5.74) is 4.90. The van der Waals surface area contributed by atoms with E-state index in [2.05, 4.69) is 34.5 Å². The zero-order valence-electron chi connectivity index (χ0n) is 17.7. The second-order valence-corrected chi connectivity index (χ2v) is 8.48. The van der Waals surface area contributed by atoms with Crippen molar-refractivity contribution in [2.24, 2.45) is 0 Å². The van der Waals surface area contributed by atoms with Gasteiger partial charge in [0.05, 0.1) is 18.7 Å². The molecule has 1 N–H and O–H groups in total. The van der Waals surface area contributed by atoms with Crippen LogP contribution >= 0.6 is 0 Å². The number of esters is 1. The van der Waals surface area contributed by atoms with E-state index >= 15 is 0 Å². The van der Waals surface area contributed by atoms with Crippen LogP contribution in [0.25, 0.3) is 0 Å². The predicted molar refractivity (Wildman–Crippen MR) is 117 cm³/mol. The molecule has 6 nitrogen and oxygen atoms in total. The Bertz CT molecular complexity index is 1030. The molecule has 6 heteroatoms. The summed E-state index contributed by atoms with van der Waals surface area (Å²) < 4.78 is 5.21. The highest BCUT2D eigenvalue weighted by molar-refractivity contribution is 5.95. The minimum Gasteiger partial charge on any atom is -0.466 e. The Morgan fingerprint density at radius 3 is 2.48 bits per heavy atom. The van der Waals surface area contributed by atoms with Gasteiger partial charge < -0.3 is 10.1 Å². The van der Waals surface area contributed by atoms with Gasteiger partial charge in [-0.25, -0.2) is 9.59 Å². The van der Waals surface area contributed by atoms with Crippen molar-refractivity contribution in [1.29, 1.82) is 0 Å². The van der Waals surface area contributed by atoms with Gasteiger partial charge in [-0.2, -0.15) is 0 Å². The molecule has 3 aliphatic rings. The van der Waals surface area contributed by atoms with Gasteiger partial charge >= 0.3 is 12.0 Å². The van der Waals surface area contributed by atoms with Gasteiger partial charge in [-0.15, -0.1) is 0 Å². The minimum atomic E-state index is -0.511. The largest absolute Gasteiger partial charge is 0.466 e. The lowest BCUT2D eigenvalue weighted by molar-refractivity contribution is -0.136. The number of carbonyl (C=O) groups excluding carboxylic acids is 2. The molecular formula is C25H27N3O3. The molecule has 0 radical (unpaired) electrons. The van der Waals surface area contributed by atoms with Gasteiger partial charge in [-0.05, 0) is 36.0 Å². The molecule has 1 atom stereocenters. The van der Waals surface area contributed by atoms with Crippen LogP contribution in [-0.4, -0.2) is 48.0 Å². The molecule has 0 unspecified atom stereocenters. The number of fused-ring (bicyclic) bond motifs is 1. The molecule has 0 bridgehead atoms. The summed E-state index contributed by atoms with van der Waals surface area (Å²) in [4.78, 5) is 30.3. The summed E-state index contributed by atoms with van der Waals surface area (Å²) in [7, 11) is 1.41. The van der Waals surface area contributed by atoms with E-state index in [1.807, 2.05) is 35.2 Å². The second-order valence-electron chi connectivity index (χ2n) is 8.48. The summed E-state index contributed by atoms with van der Waals surface area (Å²) >= 11 is 0. The molecule has 0 spiro atoms. The molecule has 1 fully saturated rings. The Morgan fingerprint density at radius 2 is 1.77 bits per heavy atom. The lowest BCUT2D eigenvalue weighted by Crippen LogP contribution is -2.52. The third-order valence-corrected chi connectivity index (χ3v) is 6.41. The summed E-state index contributed by atoms with van der Waals surface area (Å²) in [6.07, 6.45) is 2.89. The average molecular weight is 418 g/mol. The number of ether oxygens (including phenoxy) is 1. The molecule has 2 aliphatic heterocycles. The maximum absolute atomic E-state index is 13.2. The van der Waals surface area contributed by atoms with Crippen LogP contribution in [0.2, 0.25) is 0 Å². The zero-order chi connectivity index (χ0) is 21.4. The fraction of sp³-hybridized carbons (Fsp3) is 0.360. The van der Waals surface area contributed by atoms with E-state index in [1.54, 1.807) is 0 Å². The Morgan fingerprint density at radius 1 is 1.06 bits per heavy atom. The highest BCUT2D eigenvalue weighted by Crippen LogP contribution is 2.38. The van der Waals surface area contributed by atoms with E-state index < -0.39 is 6.04 Å². The number of hydrogen-bond donors (Lipinski definition) is 1. The van der Waals surface area contributed by atoms with Crippen LogP contribution in [0.3, 0.4) is 0 Å². The molecular weight excluding hydrogens is 390 g/mol. The van der Waals surface area contributed by atoms with Gasteiger partial charge in [0.1, 0.15) is 0 Å². The molecule has 0 aromatic heterocycles. The van der Waals surface area contributed by atoms with Crippen molar-refractivity contribution < 1.29 is 14.3 Å². The first-order chi connectivity index (χ1) is 15.2. The number of urea groups is 1. The first-order valence-corrected chi connectivity index (χ1v) is 10.9. The molecule has 1 aliphatic carbocycles. The molecule has 0 saturated heterocycles. The number of nitrogens with zero attached hydrogens (tertiary/aromatic N) is 2. The Balaban J connectivity index is 1.55. The first kappa shape index (κ1) is 19.8. The first-order valence-electron chi connectivity index (χ1n) is 10.9. The minimum absolute atomic E-state index is 0.128. The third kappa shape index (κ3) is 3.83. The van der Waals surface area contributed by atoms with Crippen LogP contribution in [0.5, 0.6) is 0 Å². The molecule has 2 aromatic carbocycles. The van der Waals surface area contributed by atoms with Gasteiger partial charge in [-0.3, -0.25) is 9.80 Å². The number of rotatable bonds is 5. The topological polar surface area (TPSA) is 61.9 Å². The van der Waals surface area contributed by atoms with Crippen molar-refractivity contribution in [2.45, 2.75) is 37.9 Å². The van der Waals surface area contributed by atoms with E-state index in [1.165, 1.54) is 18.2 Å². The lowest BCUT2D eigenvalue weighted by Gasteiger charge is -2.39. The quantitative estimate of drug-likeness (QED) is 0.758. The number of carbonyl (C=O) groups is 2. The molecule has 2 aromatic rings. The van der Waals surface area contributed by atoms with Crippen molar-refractivity contribution in [3.63, 3.8) is 0 Å². The van der Waals surface area contributed by atoms with Crippen molar-refractivity contribution in [2.75, 3.05) is 20.2 Å². The van der Waals surface area contributed by atoms with E-state index in [0.29, 0.717) is 12.1 Å². The van der Waals surface area contributed by atoms with Gasteiger partial charge in [-0.1, -0.05) is 54.6 Å². The van der Waals surface area contributed by atoms with Crippen molar-refractivity contribution in [3.8, 4) is 0 Å². The highest BCUT2D eigenvalue weighted by Gasteiger charge is 2.44. The Labute approximate surface area is 182 Å². The van der Waals surface area contributed by atoms with Crippen molar-refractivity contribution >= 4 is 12.0 Å². The Hall–Kier alpha value is -3.12. The maximum atomic E-state index is 13.2. The molecule has 1 saturated carbocycles. The zero-order valence-corrected chi connectivity index (χ0v) is 17.7. The third-order valence-electron chi connectivity index (χ3n) is 6.41. The number of hydrogen-bond acceptors (Lipinski definition) is 4. The SMILES string of the molecule is COC(=O)C1=C(CN2CCc3ccccc3C2)N(C2CC2)C(=O)N[C@H]1c1ccccc1. The van der Waals surface area contributed by atoms with E-state index in [4.69, 9.17) is 4.74 Å². The summed E-state index contributed by atoms with van der Waals surface area (Å²) in [6, 6.07) is 17.7. The monoisotopic (exact) mass is 417 g/mol. The van der Waals surface area contributed by atoms with Gasteiger partial charge in [0.25, 0.3) is 0 Å². The Kier molecular flexibility index (Phi) is 5.24. The van der Waals surface area contributed by atoms with E-state index in [9.17, 15) is 9.59 Å². The number of nitrogens with one attached hydrogen (secondary N) is 1. The van der Waals surface area contributed by atoms with Crippen molar-refractivity contribution in [3.05, 3.63) is 82.6 Å². The second kappa shape index (κ2) is 8.19. The fourth-order valence-electron chi connectivity index (χ4n) is 4.71. The number of benzene rings is 2. The fourth-order valence-corrected chi connectivity index (χ4v) is 4.71. The summed E-state index contributed by atoms with van der Waals surface area (Å²) in [5.74, 6) is -0.382. The maximum Gasteiger partial charge on any atom is 0.338 e. The summed E-state index contributed by atoms with van der Waals surface area (Å²) in [5, 5.41) is 3.06. The average Bonchev–Trinajstić information content (AvgIpc) is 3.64. The van der Waals surface area contributed by atoms with Crippen LogP contribution in [0.15, 0.2) is 65.9 Å². The van der Waals surface area contributed by atoms with Crippen LogP contribution in [0.1, 0.15) is 35.6 Å². The van der Waals surface area contributed by atoms with Gasteiger partial charge in [0.2, 0.25) is 0 Å². The van der Waals surface area contributed by atoms with Gasteiger partial charge in [0.15, 0.2) is 0 Å². The number of methoxy groups -OCH3 is 1.